The van der Waals surface area contributed by atoms with Crippen LogP contribution in [0.5, 0.6) is 0 Å². The molecule has 7 heteroatoms. The minimum absolute atomic E-state index is 0.0541. The molecule has 1 fully saturated rings. The molecule has 0 radical (unpaired) electrons. The van der Waals surface area contributed by atoms with E-state index in [9.17, 15) is 4.79 Å². The van der Waals surface area contributed by atoms with E-state index in [0.29, 0.717) is 0 Å². The van der Waals surface area contributed by atoms with Gasteiger partial charge in [-0.15, -0.1) is 0 Å². The number of aryl methyl sites for hydroxylation is 2. The molecule has 30 heavy (non-hydrogen) atoms. The average Bonchev–Trinajstić information content (AvgIpc) is 3.30. The smallest absolute Gasteiger partial charge is 0.246 e. The van der Waals surface area contributed by atoms with E-state index >= 15 is 0 Å². The number of nitrogens with zero attached hydrogens (tertiary/aromatic N) is 4. The first-order valence-corrected chi connectivity index (χ1v) is 10.4. The van der Waals surface area contributed by atoms with Crippen LogP contribution in [0.15, 0.2) is 29.4 Å². The molecule has 1 aromatic carbocycles. The molecule has 1 aliphatic carbocycles. The van der Waals surface area contributed by atoms with Crippen molar-refractivity contribution in [3.05, 3.63) is 47.0 Å². The maximum Gasteiger partial charge on any atom is 0.246 e. The van der Waals surface area contributed by atoms with Gasteiger partial charge in [-0.3, -0.25) is 9.48 Å². The van der Waals surface area contributed by atoms with Crippen LogP contribution < -0.4 is 5.43 Å². The van der Waals surface area contributed by atoms with Crippen molar-refractivity contribution in [2.75, 3.05) is 0 Å². The highest BCUT2D eigenvalue weighted by atomic mass is 16.2. The number of imidazole rings is 1. The Morgan fingerprint density at radius 1 is 1.30 bits per heavy atom. The fourth-order valence-corrected chi connectivity index (χ4v) is 4.78. The van der Waals surface area contributed by atoms with E-state index in [2.05, 4.69) is 34.5 Å². The Kier molecular flexibility index (Phi) is 4.79. The molecule has 2 atom stereocenters. The van der Waals surface area contributed by atoms with Crippen LogP contribution in [-0.2, 0) is 11.8 Å². The van der Waals surface area contributed by atoms with E-state index in [1.54, 1.807) is 6.21 Å². The molecule has 0 spiro atoms. The number of nitrogens with one attached hydrogen (secondary N) is 2. The number of H-pyrrole nitrogens is 1. The third-order valence-electron chi connectivity index (χ3n) is 7.39. The second-order valence-electron chi connectivity index (χ2n) is 9.19. The van der Waals surface area contributed by atoms with Crippen LogP contribution in [0, 0.1) is 24.7 Å². The number of amides is 1. The minimum atomic E-state index is -0.549. The van der Waals surface area contributed by atoms with Crippen molar-refractivity contribution >= 4 is 23.2 Å². The molecule has 2 heterocycles. The first kappa shape index (κ1) is 20.3. The van der Waals surface area contributed by atoms with E-state index in [1.807, 2.05) is 56.8 Å². The van der Waals surface area contributed by atoms with Crippen LogP contribution in [0.2, 0.25) is 0 Å². The molecule has 4 rings (SSSR count). The molecule has 1 aliphatic rings. The number of hydrazone groups is 1. The summed E-state index contributed by atoms with van der Waals surface area (Å²) in [6.45, 7) is 10.3. The Labute approximate surface area is 177 Å². The van der Waals surface area contributed by atoms with Gasteiger partial charge in [0, 0.05) is 24.2 Å². The summed E-state index contributed by atoms with van der Waals surface area (Å²) in [5.74, 6) is 1.08. The van der Waals surface area contributed by atoms with Gasteiger partial charge in [0.15, 0.2) is 0 Å². The van der Waals surface area contributed by atoms with Gasteiger partial charge < -0.3 is 4.98 Å². The van der Waals surface area contributed by atoms with Crippen molar-refractivity contribution in [1.29, 1.82) is 0 Å². The lowest BCUT2D eigenvalue weighted by Gasteiger charge is -2.39. The van der Waals surface area contributed by atoms with Gasteiger partial charge in [-0.1, -0.05) is 32.9 Å². The Morgan fingerprint density at radius 3 is 2.70 bits per heavy atom. The van der Waals surface area contributed by atoms with Crippen LogP contribution in [0.25, 0.3) is 11.0 Å². The number of benzene rings is 1. The highest BCUT2D eigenvalue weighted by Gasteiger charge is 2.57. The van der Waals surface area contributed by atoms with E-state index in [1.165, 1.54) is 0 Å². The molecule has 0 saturated heterocycles. The summed E-state index contributed by atoms with van der Waals surface area (Å²) < 4.78 is 1.82. The van der Waals surface area contributed by atoms with Gasteiger partial charge in [0.05, 0.1) is 28.4 Å². The second kappa shape index (κ2) is 7.07. The Hall–Kier alpha value is -2.96. The van der Waals surface area contributed by atoms with Crippen LogP contribution in [-0.4, -0.2) is 31.9 Å². The molecule has 2 unspecified atom stereocenters. The highest BCUT2D eigenvalue weighted by molar-refractivity contribution is 5.87. The van der Waals surface area contributed by atoms with Gasteiger partial charge in [-0.05, 0) is 44.2 Å². The number of aromatic nitrogens is 4. The number of rotatable bonds is 4. The fourth-order valence-electron chi connectivity index (χ4n) is 4.78. The van der Waals surface area contributed by atoms with Crippen molar-refractivity contribution in [3.63, 3.8) is 0 Å². The minimum Gasteiger partial charge on any atom is -0.342 e. The molecule has 158 valence electrons. The summed E-state index contributed by atoms with van der Waals surface area (Å²) in [6.07, 6.45) is 3.38. The van der Waals surface area contributed by atoms with Gasteiger partial charge in [-0.2, -0.15) is 10.2 Å². The summed E-state index contributed by atoms with van der Waals surface area (Å²) in [5.41, 5.74) is 6.82. The highest BCUT2D eigenvalue weighted by Crippen LogP contribution is 2.59. The lowest BCUT2D eigenvalue weighted by Crippen LogP contribution is -2.45. The van der Waals surface area contributed by atoms with Crippen molar-refractivity contribution in [1.82, 2.24) is 25.2 Å². The quantitative estimate of drug-likeness (QED) is 0.507. The topological polar surface area (TPSA) is 88.0 Å². The molecular formula is C23H30N6O. The zero-order valence-electron chi connectivity index (χ0n) is 18.6. The molecule has 0 aliphatic heterocycles. The van der Waals surface area contributed by atoms with E-state index in [0.717, 1.165) is 46.7 Å². The number of carbonyl (C=O) groups excluding carboxylic acids is 1. The SMILES string of the molecule is Cc1nn(C)c(C)c1C=NNC(=O)C1(C)CCC(c2nc3ccccc3[nH]2)C1(C)C. The second-order valence-corrected chi connectivity index (χ2v) is 9.19. The Balaban J connectivity index is 1.54. The van der Waals surface area contributed by atoms with Gasteiger partial charge in [0.25, 0.3) is 0 Å². The molecule has 7 nitrogen and oxygen atoms in total. The first-order valence-electron chi connectivity index (χ1n) is 10.4. The molecule has 2 aromatic heterocycles. The van der Waals surface area contributed by atoms with Gasteiger partial charge in [-0.25, -0.2) is 10.4 Å². The largest absolute Gasteiger partial charge is 0.342 e. The van der Waals surface area contributed by atoms with Crippen LogP contribution in [0.4, 0.5) is 0 Å². The monoisotopic (exact) mass is 406 g/mol. The number of fused-ring (bicyclic) bond motifs is 1. The molecule has 0 bridgehead atoms. The summed E-state index contributed by atoms with van der Waals surface area (Å²) >= 11 is 0. The lowest BCUT2D eigenvalue weighted by atomic mass is 9.65. The molecule has 2 N–H and O–H groups in total. The predicted molar refractivity (Wildman–Crippen MR) is 118 cm³/mol. The average molecular weight is 407 g/mol. The maximum atomic E-state index is 13.2. The first-order chi connectivity index (χ1) is 14.1. The van der Waals surface area contributed by atoms with E-state index in [4.69, 9.17) is 4.98 Å². The Bertz CT molecular complexity index is 1100. The zero-order valence-corrected chi connectivity index (χ0v) is 18.6. The number of para-hydroxylation sites is 2. The summed E-state index contributed by atoms with van der Waals surface area (Å²) in [7, 11) is 1.90. The third-order valence-corrected chi connectivity index (χ3v) is 7.39. The van der Waals surface area contributed by atoms with Crippen molar-refractivity contribution in [3.8, 4) is 0 Å². The summed E-state index contributed by atoms with van der Waals surface area (Å²) in [5, 5.41) is 8.65. The Morgan fingerprint density at radius 2 is 2.03 bits per heavy atom. The molecule has 1 amide bonds. The molecule has 1 saturated carbocycles. The van der Waals surface area contributed by atoms with Crippen molar-refractivity contribution in [2.45, 2.75) is 53.4 Å². The maximum absolute atomic E-state index is 13.2. The summed E-state index contributed by atoms with van der Waals surface area (Å²) in [6, 6.07) is 8.05. The normalized spacial score (nSPS) is 23.5. The lowest BCUT2D eigenvalue weighted by molar-refractivity contribution is -0.135. The standard InChI is InChI=1S/C23H30N6O/c1-14-16(15(2)29(6)28-14)13-24-27-21(30)23(5)12-11-17(22(23,3)4)20-25-18-9-7-8-10-19(18)26-20/h7-10,13,17H,11-12H2,1-6H3,(H,25,26)(H,27,30). The fraction of sp³-hybridized carbons (Fsp3) is 0.478. The van der Waals surface area contributed by atoms with Gasteiger partial charge in [0.1, 0.15) is 5.82 Å². The number of hydrogen-bond donors (Lipinski definition) is 2. The summed E-state index contributed by atoms with van der Waals surface area (Å²) in [4.78, 5) is 21.5. The van der Waals surface area contributed by atoms with Crippen molar-refractivity contribution < 1.29 is 4.79 Å². The van der Waals surface area contributed by atoms with E-state index < -0.39 is 5.41 Å². The van der Waals surface area contributed by atoms with Crippen molar-refractivity contribution in [2.24, 2.45) is 23.0 Å². The van der Waals surface area contributed by atoms with Crippen LogP contribution >= 0.6 is 0 Å². The molecular weight excluding hydrogens is 376 g/mol. The van der Waals surface area contributed by atoms with Gasteiger partial charge in [0.2, 0.25) is 5.91 Å². The van der Waals surface area contributed by atoms with E-state index in [-0.39, 0.29) is 17.2 Å². The predicted octanol–water partition coefficient (Wildman–Crippen LogP) is 3.97. The zero-order chi connectivity index (χ0) is 21.7. The number of aromatic amines is 1. The number of hydrogen-bond acceptors (Lipinski definition) is 4. The molecule has 3 aromatic rings. The number of carbonyl (C=O) groups is 1. The third kappa shape index (κ3) is 3.04. The van der Waals surface area contributed by atoms with Crippen LogP contribution in [0.1, 0.15) is 62.3 Å². The van der Waals surface area contributed by atoms with Gasteiger partial charge >= 0.3 is 0 Å². The van der Waals surface area contributed by atoms with Crippen LogP contribution in [0.3, 0.4) is 0 Å².